The Bertz CT molecular complexity index is 972. The second-order valence-corrected chi connectivity index (χ2v) is 7.90. The molecule has 0 bridgehead atoms. The van der Waals surface area contributed by atoms with Gasteiger partial charge in [-0.1, -0.05) is 13.8 Å². The van der Waals surface area contributed by atoms with Crippen LogP contribution >= 0.6 is 0 Å². The van der Waals surface area contributed by atoms with E-state index >= 15 is 0 Å². The fourth-order valence-corrected chi connectivity index (χ4v) is 4.28. The van der Waals surface area contributed by atoms with E-state index in [1.54, 1.807) is 13.8 Å². The highest BCUT2D eigenvalue weighted by atomic mass is 32.2. The van der Waals surface area contributed by atoms with Crippen molar-refractivity contribution in [1.82, 2.24) is 8.87 Å². The number of alkyl halides is 2. The first-order chi connectivity index (χ1) is 13.6. The van der Waals surface area contributed by atoms with Crippen LogP contribution in [0.3, 0.4) is 0 Å². The molecule has 1 aromatic carbocycles. The number of methoxy groups -OCH3 is 1. The normalized spacial score (nSPS) is 11.7. The van der Waals surface area contributed by atoms with Gasteiger partial charge in [-0.25, -0.2) is 8.42 Å². The third kappa shape index (κ3) is 5.04. The van der Waals surface area contributed by atoms with Gasteiger partial charge in [0, 0.05) is 38.1 Å². The van der Waals surface area contributed by atoms with Crippen molar-refractivity contribution in [3.05, 3.63) is 36.2 Å². The van der Waals surface area contributed by atoms with Crippen LogP contribution in [0.1, 0.15) is 24.3 Å². The van der Waals surface area contributed by atoms with Crippen molar-refractivity contribution in [2.24, 2.45) is 7.05 Å². The molecule has 0 saturated carbocycles. The number of hydrogen-bond acceptors (Lipinski definition) is 5. The molecule has 0 fully saturated rings. The molecule has 2 rings (SSSR count). The zero-order chi connectivity index (χ0) is 21.8. The van der Waals surface area contributed by atoms with E-state index in [-0.39, 0.29) is 27.8 Å². The maximum atomic E-state index is 12.6. The predicted octanol–water partition coefficient (Wildman–Crippen LogP) is 2.92. The smallest absolute Gasteiger partial charge is 0.387 e. The molecule has 1 aromatic heterocycles. The zero-order valence-corrected chi connectivity index (χ0v) is 17.3. The summed E-state index contributed by atoms with van der Waals surface area (Å²) in [6.45, 7) is 0.985. The number of halogens is 2. The Morgan fingerprint density at radius 2 is 1.86 bits per heavy atom. The van der Waals surface area contributed by atoms with Crippen LogP contribution in [0.4, 0.5) is 14.5 Å². The van der Waals surface area contributed by atoms with Gasteiger partial charge in [0.25, 0.3) is 5.91 Å². The van der Waals surface area contributed by atoms with Crippen LogP contribution in [-0.2, 0) is 17.1 Å². The first-order valence-electron chi connectivity index (χ1n) is 8.74. The first-order valence-corrected chi connectivity index (χ1v) is 10.2. The van der Waals surface area contributed by atoms with Gasteiger partial charge in [0.1, 0.15) is 10.6 Å². The van der Waals surface area contributed by atoms with Crippen molar-refractivity contribution >= 4 is 21.6 Å². The molecule has 29 heavy (non-hydrogen) atoms. The molecule has 2 aromatic rings. The van der Waals surface area contributed by atoms with Crippen LogP contribution < -0.4 is 14.8 Å². The van der Waals surface area contributed by atoms with Crippen molar-refractivity contribution in [3.8, 4) is 11.5 Å². The van der Waals surface area contributed by atoms with Crippen LogP contribution in [0.15, 0.2) is 35.4 Å². The third-order valence-electron chi connectivity index (χ3n) is 4.19. The Kier molecular flexibility index (Phi) is 7.20. The summed E-state index contributed by atoms with van der Waals surface area (Å²) in [6, 6.07) is 5.28. The average Bonchev–Trinajstić information content (AvgIpc) is 3.05. The molecule has 0 spiro atoms. The lowest BCUT2D eigenvalue weighted by atomic mass is 10.2. The summed E-state index contributed by atoms with van der Waals surface area (Å²) in [5.74, 6) is -0.770. The molecule has 0 radical (unpaired) electrons. The lowest BCUT2D eigenvalue weighted by Crippen LogP contribution is -2.30. The highest BCUT2D eigenvalue weighted by molar-refractivity contribution is 7.89. The van der Waals surface area contributed by atoms with Gasteiger partial charge in [-0.15, -0.1) is 0 Å². The number of hydrogen-bond donors (Lipinski definition) is 1. The van der Waals surface area contributed by atoms with Crippen LogP contribution in [0.25, 0.3) is 0 Å². The highest BCUT2D eigenvalue weighted by Gasteiger charge is 2.25. The summed E-state index contributed by atoms with van der Waals surface area (Å²) < 4.78 is 62.4. The molecule has 1 heterocycles. The minimum absolute atomic E-state index is 0.00898. The Morgan fingerprint density at radius 3 is 2.41 bits per heavy atom. The molecule has 0 unspecified atom stereocenters. The number of ether oxygens (including phenoxy) is 2. The van der Waals surface area contributed by atoms with Crippen molar-refractivity contribution in [3.63, 3.8) is 0 Å². The van der Waals surface area contributed by atoms with Crippen molar-refractivity contribution in [2.75, 3.05) is 25.5 Å². The van der Waals surface area contributed by atoms with E-state index in [9.17, 15) is 22.0 Å². The minimum Gasteiger partial charge on any atom is -0.493 e. The van der Waals surface area contributed by atoms with Gasteiger partial charge in [0.2, 0.25) is 10.0 Å². The van der Waals surface area contributed by atoms with E-state index in [2.05, 4.69) is 10.1 Å². The van der Waals surface area contributed by atoms with Crippen LogP contribution in [0, 0.1) is 0 Å². The van der Waals surface area contributed by atoms with Gasteiger partial charge in [-0.2, -0.15) is 13.1 Å². The Hall–Kier alpha value is -2.66. The summed E-state index contributed by atoms with van der Waals surface area (Å²) in [6.07, 6.45) is 1.35. The molecule has 0 aliphatic carbocycles. The number of aromatic nitrogens is 1. The molecule has 160 valence electrons. The monoisotopic (exact) mass is 431 g/mol. The Balaban J connectivity index is 2.29. The van der Waals surface area contributed by atoms with Crippen molar-refractivity contribution in [1.29, 1.82) is 0 Å². The summed E-state index contributed by atoms with van der Waals surface area (Å²) in [5, 5.41) is 2.54. The molecule has 8 nitrogen and oxygen atoms in total. The van der Waals surface area contributed by atoms with Gasteiger partial charge in [-0.05, 0) is 18.2 Å². The van der Waals surface area contributed by atoms with Gasteiger partial charge in [0.05, 0.1) is 7.11 Å². The molecule has 0 aliphatic heterocycles. The summed E-state index contributed by atoms with van der Waals surface area (Å²) in [4.78, 5) is 12.6. The molecule has 1 N–H and O–H groups in total. The number of carbonyl (C=O) groups excluding carboxylic acids is 1. The summed E-state index contributed by atoms with van der Waals surface area (Å²) >= 11 is 0. The SMILES string of the molecule is CCN(CC)S(=O)(=O)c1cc(C(=O)Nc2ccc(OC)c(OC(F)F)c2)n(C)c1. The number of amides is 1. The fraction of sp³-hybridized carbons (Fsp3) is 0.389. The molecular formula is C18H23F2N3O5S. The molecular weight excluding hydrogens is 408 g/mol. The Morgan fingerprint density at radius 1 is 1.21 bits per heavy atom. The van der Waals surface area contributed by atoms with Crippen molar-refractivity contribution < 1.29 is 31.5 Å². The maximum Gasteiger partial charge on any atom is 0.387 e. The van der Waals surface area contributed by atoms with E-state index in [4.69, 9.17) is 4.74 Å². The number of nitrogens with zero attached hydrogens (tertiary/aromatic N) is 2. The zero-order valence-electron chi connectivity index (χ0n) is 16.5. The molecule has 1 amide bonds. The maximum absolute atomic E-state index is 12.6. The third-order valence-corrected chi connectivity index (χ3v) is 6.21. The number of rotatable bonds is 9. The van der Waals surface area contributed by atoms with Gasteiger partial charge in [-0.3, -0.25) is 4.79 Å². The highest BCUT2D eigenvalue weighted by Crippen LogP contribution is 2.31. The van der Waals surface area contributed by atoms with E-state index in [1.165, 1.54) is 53.5 Å². The van der Waals surface area contributed by atoms with Crippen molar-refractivity contribution in [2.45, 2.75) is 25.4 Å². The topological polar surface area (TPSA) is 89.9 Å². The molecule has 0 atom stereocenters. The molecule has 11 heteroatoms. The predicted molar refractivity (Wildman–Crippen MR) is 103 cm³/mol. The van der Waals surface area contributed by atoms with E-state index < -0.39 is 22.5 Å². The lowest BCUT2D eigenvalue weighted by molar-refractivity contribution is -0.0511. The van der Waals surface area contributed by atoms with E-state index in [1.807, 2.05) is 0 Å². The quantitative estimate of drug-likeness (QED) is 0.659. The number of anilines is 1. The number of nitrogens with one attached hydrogen (secondary N) is 1. The summed E-state index contributed by atoms with van der Waals surface area (Å²) in [5.41, 5.74) is 0.267. The number of carbonyl (C=O) groups is 1. The Labute approximate surface area is 168 Å². The number of sulfonamides is 1. The molecule has 0 aliphatic rings. The second kappa shape index (κ2) is 9.23. The standard InChI is InChI=1S/C18H23F2N3O5S/c1-5-23(6-2)29(25,26)13-10-14(22(3)11-13)17(24)21-12-7-8-15(27-4)16(9-12)28-18(19)20/h7-11,18H,5-6H2,1-4H3,(H,21,24). The van der Waals surface area contributed by atoms with E-state index in [0.29, 0.717) is 13.1 Å². The van der Waals surface area contributed by atoms with Crippen LogP contribution in [0.2, 0.25) is 0 Å². The number of aryl methyl sites for hydroxylation is 1. The number of benzene rings is 1. The van der Waals surface area contributed by atoms with Crippen LogP contribution in [-0.4, -0.2) is 50.0 Å². The van der Waals surface area contributed by atoms with Gasteiger partial charge >= 0.3 is 6.61 Å². The minimum atomic E-state index is -3.73. The van der Waals surface area contributed by atoms with Crippen LogP contribution in [0.5, 0.6) is 11.5 Å². The second-order valence-electron chi connectivity index (χ2n) is 5.96. The first kappa shape index (κ1) is 22.6. The lowest BCUT2D eigenvalue weighted by Gasteiger charge is -2.17. The van der Waals surface area contributed by atoms with Gasteiger partial charge < -0.3 is 19.4 Å². The average molecular weight is 431 g/mol. The van der Waals surface area contributed by atoms with Gasteiger partial charge in [0.15, 0.2) is 11.5 Å². The van der Waals surface area contributed by atoms with E-state index in [0.717, 1.165) is 0 Å². The largest absolute Gasteiger partial charge is 0.493 e. The summed E-state index contributed by atoms with van der Waals surface area (Å²) in [7, 11) is -0.889. The molecule has 0 saturated heterocycles. The fourth-order valence-electron chi connectivity index (χ4n) is 2.75.